The SMILES string of the molecule is O=C(Nc1cccc2nsnc12)c1cc(-c2cccs2)on1. The fourth-order valence-corrected chi connectivity index (χ4v) is 3.23. The minimum atomic E-state index is -0.341. The van der Waals surface area contributed by atoms with Crippen molar-refractivity contribution in [1.82, 2.24) is 13.9 Å². The third kappa shape index (κ3) is 2.28. The second-order valence-corrected chi connectivity index (χ2v) is 5.92. The zero-order valence-electron chi connectivity index (χ0n) is 11.0. The third-order valence-electron chi connectivity index (χ3n) is 3.04. The van der Waals surface area contributed by atoms with E-state index in [0.717, 1.165) is 22.1 Å². The molecule has 0 spiro atoms. The Morgan fingerprint density at radius 3 is 3.00 bits per heavy atom. The lowest BCUT2D eigenvalue weighted by atomic mass is 10.2. The molecule has 0 bridgehead atoms. The van der Waals surface area contributed by atoms with Crippen molar-refractivity contribution in [2.75, 3.05) is 5.32 Å². The first-order valence-corrected chi connectivity index (χ1v) is 7.95. The fraction of sp³-hybridized carbons (Fsp3) is 0. The van der Waals surface area contributed by atoms with Crippen LogP contribution in [0.25, 0.3) is 21.7 Å². The molecule has 1 aromatic carbocycles. The molecule has 1 N–H and O–H groups in total. The number of nitrogens with zero attached hydrogens (tertiary/aromatic N) is 3. The number of carbonyl (C=O) groups excluding carboxylic acids is 1. The van der Waals surface area contributed by atoms with E-state index in [1.54, 1.807) is 12.1 Å². The first-order chi connectivity index (χ1) is 10.8. The van der Waals surface area contributed by atoms with Crippen LogP contribution in [0.5, 0.6) is 0 Å². The maximum Gasteiger partial charge on any atom is 0.277 e. The number of hydrogen-bond donors (Lipinski definition) is 1. The van der Waals surface area contributed by atoms with Gasteiger partial charge in [0.2, 0.25) is 0 Å². The van der Waals surface area contributed by atoms with E-state index >= 15 is 0 Å². The summed E-state index contributed by atoms with van der Waals surface area (Å²) in [6, 6.07) is 10.9. The van der Waals surface area contributed by atoms with Gasteiger partial charge in [0.25, 0.3) is 5.91 Å². The summed E-state index contributed by atoms with van der Waals surface area (Å²) in [4.78, 5) is 13.2. The minimum absolute atomic E-state index is 0.226. The number of fused-ring (bicyclic) bond motifs is 1. The molecule has 0 saturated carbocycles. The summed E-state index contributed by atoms with van der Waals surface area (Å²) >= 11 is 2.63. The molecule has 0 radical (unpaired) electrons. The maximum atomic E-state index is 12.3. The standard InChI is InChI=1S/C14H8N4O2S2/c19-14(10-7-11(20-16-10)12-5-2-6-21-12)15-8-3-1-4-9-13(8)18-22-17-9/h1-7H,(H,15,19). The predicted octanol–water partition coefficient (Wildman–Crippen LogP) is 3.66. The third-order valence-corrected chi connectivity index (χ3v) is 4.47. The van der Waals surface area contributed by atoms with Crippen LogP contribution in [0.2, 0.25) is 0 Å². The van der Waals surface area contributed by atoms with Crippen molar-refractivity contribution in [2.45, 2.75) is 0 Å². The Labute approximate surface area is 132 Å². The van der Waals surface area contributed by atoms with Crippen molar-refractivity contribution in [2.24, 2.45) is 0 Å². The summed E-state index contributed by atoms with van der Waals surface area (Å²) in [5, 5.41) is 8.55. The molecule has 8 heteroatoms. The van der Waals surface area contributed by atoms with Crippen molar-refractivity contribution >= 4 is 45.7 Å². The number of rotatable bonds is 3. The molecule has 22 heavy (non-hydrogen) atoms. The molecule has 1 amide bonds. The van der Waals surface area contributed by atoms with Crippen molar-refractivity contribution < 1.29 is 9.32 Å². The molecule has 3 aromatic heterocycles. The van der Waals surface area contributed by atoms with Gasteiger partial charge in [-0.05, 0) is 23.6 Å². The molecule has 0 atom stereocenters. The zero-order chi connectivity index (χ0) is 14.9. The molecule has 0 fully saturated rings. The van der Waals surface area contributed by atoms with Gasteiger partial charge in [0, 0.05) is 6.07 Å². The number of hydrogen-bond acceptors (Lipinski definition) is 7. The number of aromatic nitrogens is 3. The number of amides is 1. The molecule has 0 aliphatic rings. The molecular weight excluding hydrogens is 320 g/mol. The molecule has 108 valence electrons. The van der Waals surface area contributed by atoms with E-state index in [0.29, 0.717) is 17.0 Å². The highest BCUT2D eigenvalue weighted by atomic mass is 32.1. The van der Waals surface area contributed by atoms with Gasteiger partial charge in [-0.3, -0.25) is 4.79 Å². The van der Waals surface area contributed by atoms with Gasteiger partial charge in [-0.1, -0.05) is 17.3 Å². The van der Waals surface area contributed by atoms with Crippen LogP contribution < -0.4 is 5.32 Å². The van der Waals surface area contributed by atoms with Crippen LogP contribution in [0.1, 0.15) is 10.5 Å². The quantitative estimate of drug-likeness (QED) is 0.621. The Kier molecular flexibility index (Phi) is 3.17. The average Bonchev–Trinajstić information content (AvgIpc) is 3.27. The summed E-state index contributed by atoms with van der Waals surface area (Å²) < 4.78 is 13.5. The molecule has 0 saturated heterocycles. The number of anilines is 1. The summed E-state index contributed by atoms with van der Waals surface area (Å²) in [7, 11) is 0. The van der Waals surface area contributed by atoms with Crippen LogP contribution in [0.15, 0.2) is 46.3 Å². The van der Waals surface area contributed by atoms with Crippen LogP contribution >= 0.6 is 23.1 Å². The lowest BCUT2D eigenvalue weighted by Crippen LogP contribution is -2.12. The average molecular weight is 328 g/mol. The van der Waals surface area contributed by atoms with Gasteiger partial charge in [0.1, 0.15) is 11.0 Å². The molecular formula is C14H8N4O2S2. The van der Waals surface area contributed by atoms with E-state index in [2.05, 4.69) is 19.2 Å². The smallest absolute Gasteiger partial charge is 0.277 e. The monoisotopic (exact) mass is 328 g/mol. The fourth-order valence-electron chi connectivity index (χ4n) is 2.01. The van der Waals surface area contributed by atoms with Crippen LogP contribution in [-0.4, -0.2) is 19.8 Å². The highest BCUT2D eigenvalue weighted by Crippen LogP contribution is 2.26. The summed E-state index contributed by atoms with van der Waals surface area (Å²) in [5.41, 5.74) is 2.26. The van der Waals surface area contributed by atoms with Crippen molar-refractivity contribution in [3.05, 3.63) is 47.5 Å². The number of thiophene rings is 1. The molecule has 4 rings (SSSR count). The van der Waals surface area contributed by atoms with E-state index in [9.17, 15) is 4.79 Å². The second-order valence-electron chi connectivity index (χ2n) is 4.45. The Balaban J connectivity index is 1.61. The first kappa shape index (κ1) is 13.1. The Bertz CT molecular complexity index is 943. The number of benzene rings is 1. The lowest BCUT2D eigenvalue weighted by molar-refractivity contribution is 0.101. The summed E-state index contributed by atoms with van der Waals surface area (Å²) in [6.45, 7) is 0. The topological polar surface area (TPSA) is 80.9 Å². The first-order valence-electron chi connectivity index (χ1n) is 6.34. The van der Waals surface area contributed by atoms with E-state index in [-0.39, 0.29) is 11.6 Å². The molecule has 0 aliphatic carbocycles. The Morgan fingerprint density at radius 1 is 1.18 bits per heavy atom. The van der Waals surface area contributed by atoms with Gasteiger partial charge in [-0.25, -0.2) is 0 Å². The maximum absolute atomic E-state index is 12.3. The van der Waals surface area contributed by atoms with Crippen LogP contribution in [-0.2, 0) is 0 Å². The molecule has 3 heterocycles. The van der Waals surface area contributed by atoms with Crippen LogP contribution in [0.4, 0.5) is 5.69 Å². The van der Waals surface area contributed by atoms with E-state index in [4.69, 9.17) is 4.52 Å². The highest BCUT2D eigenvalue weighted by Gasteiger charge is 2.16. The lowest BCUT2D eigenvalue weighted by Gasteiger charge is -2.02. The van der Waals surface area contributed by atoms with Crippen molar-refractivity contribution in [1.29, 1.82) is 0 Å². The summed E-state index contributed by atoms with van der Waals surface area (Å²) in [6.07, 6.45) is 0. The van der Waals surface area contributed by atoms with Gasteiger partial charge in [0.15, 0.2) is 11.5 Å². The van der Waals surface area contributed by atoms with E-state index in [1.165, 1.54) is 11.3 Å². The van der Waals surface area contributed by atoms with Gasteiger partial charge in [-0.2, -0.15) is 8.75 Å². The van der Waals surface area contributed by atoms with Crippen LogP contribution in [0.3, 0.4) is 0 Å². The Morgan fingerprint density at radius 2 is 2.14 bits per heavy atom. The number of nitrogens with one attached hydrogen (secondary N) is 1. The highest BCUT2D eigenvalue weighted by molar-refractivity contribution is 7.13. The molecule has 0 aliphatic heterocycles. The molecule has 0 unspecified atom stereocenters. The van der Waals surface area contributed by atoms with E-state index in [1.807, 2.05) is 29.6 Å². The van der Waals surface area contributed by atoms with Crippen molar-refractivity contribution in [3.63, 3.8) is 0 Å². The second kappa shape index (κ2) is 5.32. The minimum Gasteiger partial charge on any atom is -0.355 e. The van der Waals surface area contributed by atoms with Gasteiger partial charge < -0.3 is 9.84 Å². The molecule has 4 aromatic rings. The molecule has 6 nitrogen and oxygen atoms in total. The Hall–Kier alpha value is -2.58. The zero-order valence-corrected chi connectivity index (χ0v) is 12.6. The largest absolute Gasteiger partial charge is 0.355 e. The van der Waals surface area contributed by atoms with E-state index < -0.39 is 0 Å². The normalized spacial score (nSPS) is 10.9. The van der Waals surface area contributed by atoms with Crippen LogP contribution in [0, 0.1) is 0 Å². The number of carbonyl (C=O) groups is 1. The van der Waals surface area contributed by atoms with Gasteiger partial charge >= 0.3 is 0 Å². The summed E-state index contributed by atoms with van der Waals surface area (Å²) in [5.74, 6) is 0.237. The van der Waals surface area contributed by atoms with Gasteiger partial charge in [-0.15, -0.1) is 11.3 Å². The van der Waals surface area contributed by atoms with Crippen molar-refractivity contribution in [3.8, 4) is 10.6 Å². The predicted molar refractivity (Wildman–Crippen MR) is 85.2 cm³/mol. The van der Waals surface area contributed by atoms with Gasteiger partial charge in [0.05, 0.1) is 22.3 Å².